The summed E-state index contributed by atoms with van der Waals surface area (Å²) in [5, 5.41) is 10.1. The average Bonchev–Trinajstić information content (AvgIpc) is 3.20. The van der Waals surface area contributed by atoms with E-state index >= 15 is 0 Å². The van der Waals surface area contributed by atoms with Crippen molar-refractivity contribution in [3.8, 4) is 0 Å². The first-order valence-electron chi connectivity index (χ1n) is 6.65. The molecule has 0 bridgehead atoms. The third-order valence-corrected chi connectivity index (χ3v) is 3.67. The molecule has 1 aromatic carbocycles. The summed E-state index contributed by atoms with van der Waals surface area (Å²) < 4.78 is 37.6. The molecule has 7 heteroatoms. The molecule has 3 N–H and O–H groups in total. The van der Waals surface area contributed by atoms with E-state index < -0.39 is 18.8 Å². The molecule has 2 rings (SSSR count). The Hall–Kier alpha value is -1.18. The van der Waals surface area contributed by atoms with Crippen LogP contribution in [0.25, 0.3) is 0 Å². The summed E-state index contributed by atoms with van der Waals surface area (Å²) in [7, 11) is 0. The van der Waals surface area contributed by atoms with Crippen molar-refractivity contribution in [2.45, 2.75) is 31.2 Å². The Morgan fingerprint density at radius 2 is 1.90 bits per heavy atom. The maximum Gasteiger partial charge on any atom is 0.401 e. The summed E-state index contributed by atoms with van der Waals surface area (Å²) >= 11 is 4.83. The van der Waals surface area contributed by atoms with Crippen LogP contribution in [0.1, 0.15) is 30.1 Å². The third kappa shape index (κ3) is 4.94. The van der Waals surface area contributed by atoms with Crippen LogP contribution in [-0.4, -0.2) is 40.3 Å². The molecule has 1 unspecified atom stereocenters. The summed E-state index contributed by atoms with van der Waals surface area (Å²) in [6.45, 7) is -1.02. The fraction of sp³-hybridized carbons (Fsp3) is 0.500. The summed E-state index contributed by atoms with van der Waals surface area (Å²) in [6.07, 6.45) is -3.71. The fourth-order valence-electron chi connectivity index (χ4n) is 2.21. The van der Waals surface area contributed by atoms with Crippen molar-refractivity contribution in [1.29, 1.82) is 0 Å². The highest BCUT2D eigenvalue weighted by Gasteiger charge is 2.38. The Balaban J connectivity index is 2.01. The van der Waals surface area contributed by atoms with Gasteiger partial charge in [0.2, 0.25) is 0 Å². The third-order valence-electron chi connectivity index (χ3n) is 3.43. The topological polar surface area (TPSA) is 49.5 Å². The number of halogens is 3. The van der Waals surface area contributed by atoms with E-state index in [-0.39, 0.29) is 17.6 Å². The van der Waals surface area contributed by atoms with Gasteiger partial charge in [0, 0.05) is 18.2 Å². The maximum atomic E-state index is 12.5. The number of nitrogens with zero attached hydrogens (tertiary/aromatic N) is 1. The molecular weight excluding hydrogens is 301 g/mol. The Labute approximate surface area is 126 Å². The van der Waals surface area contributed by atoms with Crippen LogP contribution in [0.2, 0.25) is 0 Å². The molecule has 21 heavy (non-hydrogen) atoms. The molecule has 1 fully saturated rings. The molecule has 0 spiro atoms. The Bertz CT molecular complexity index is 500. The zero-order chi connectivity index (χ0) is 15.6. The van der Waals surface area contributed by atoms with Crippen LogP contribution in [0.15, 0.2) is 24.3 Å². The molecule has 0 saturated heterocycles. The van der Waals surface area contributed by atoms with Crippen molar-refractivity contribution >= 4 is 17.2 Å². The predicted octanol–water partition coefficient (Wildman–Crippen LogP) is 2.38. The van der Waals surface area contributed by atoms with Crippen molar-refractivity contribution in [2.24, 2.45) is 5.73 Å². The monoisotopic (exact) mass is 318 g/mol. The van der Waals surface area contributed by atoms with Crippen LogP contribution < -0.4 is 5.73 Å². The molecule has 0 aromatic heterocycles. The number of alkyl halides is 3. The van der Waals surface area contributed by atoms with Crippen molar-refractivity contribution in [3.05, 3.63) is 35.4 Å². The van der Waals surface area contributed by atoms with Crippen molar-refractivity contribution in [3.63, 3.8) is 0 Å². The Morgan fingerprint density at radius 1 is 1.33 bits per heavy atom. The number of thiocarbonyl (C=S) groups is 1. The van der Waals surface area contributed by atoms with Crippen molar-refractivity contribution in [1.82, 2.24) is 4.90 Å². The first-order chi connectivity index (χ1) is 9.76. The predicted molar refractivity (Wildman–Crippen MR) is 77.9 cm³/mol. The number of rotatable bonds is 6. The smallest absolute Gasteiger partial charge is 0.389 e. The standard InChI is InChI=1S/C14H17F3N2OS/c15-14(16,17)8-19(11-5-6-11)7-12(20)9-1-3-10(4-2-9)13(18)21/h1-4,11-12,20H,5-8H2,(H2,18,21). The molecule has 0 aliphatic heterocycles. The lowest BCUT2D eigenvalue weighted by Gasteiger charge is -2.26. The first kappa shape index (κ1) is 16.2. The van der Waals surface area contributed by atoms with Gasteiger partial charge in [-0.05, 0) is 18.4 Å². The van der Waals surface area contributed by atoms with Crippen LogP contribution in [-0.2, 0) is 0 Å². The minimum atomic E-state index is -4.25. The van der Waals surface area contributed by atoms with Crippen LogP contribution in [0.5, 0.6) is 0 Å². The molecule has 1 aromatic rings. The minimum Gasteiger partial charge on any atom is -0.389 e. The molecule has 1 aliphatic carbocycles. The largest absolute Gasteiger partial charge is 0.401 e. The molecule has 3 nitrogen and oxygen atoms in total. The Morgan fingerprint density at radius 3 is 2.33 bits per heavy atom. The number of nitrogens with two attached hydrogens (primary N) is 1. The number of hydrogen-bond acceptors (Lipinski definition) is 3. The van der Waals surface area contributed by atoms with E-state index in [2.05, 4.69) is 0 Å². The molecular formula is C14H17F3N2OS. The number of benzene rings is 1. The molecule has 1 saturated carbocycles. The van der Waals surface area contributed by atoms with E-state index in [9.17, 15) is 18.3 Å². The fourth-order valence-corrected chi connectivity index (χ4v) is 2.35. The lowest BCUT2D eigenvalue weighted by molar-refractivity contribution is -0.149. The van der Waals surface area contributed by atoms with E-state index in [0.717, 1.165) is 12.8 Å². The highest BCUT2D eigenvalue weighted by molar-refractivity contribution is 7.80. The quantitative estimate of drug-likeness (QED) is 0.791. The SMILES string of the molecule is NC(=S)c1ccc(C(O)CN(CC(F)(F)F)C2CC2)cc1. The number of hydrogen-bond donors (Lipinski definition) is 2. The lowest BCUT2D eigenvalue weighted by Crippen LogP contribution is -2.38. The highest BCUT2D eigenvalue weighted by atomic mass is 32.1. The van der Waals surface area contributed by atoms with Crippen LogP contribution in [0, 0.1) is 0 Å². The second-order valence-electron chi connectivity index (χ2n) is 5.28. The van der Waals surface area contributed by atoms with Gasteiger partial charge in [0.05, 0.1) is 12.6 Å². The maximum absolute atomic E-state index is 12.5. The van der Waals surface area contributed by atoms with Gasteiger partial charge in [-0.15, -0.1) is 0 Å². The summed E-state index contributed by atoms with van der Waals surface area (Å²) in [5.41, 5.74) is 6.69. The normalized spacial score (nSPS) is 17.0. The van der Waals surface area contributed by atoms with Gasteiger partial charge < -0.3 is 10.8 Å². The molecule has 0 radical (unpaired) electrons. The van der Waals surface area contributed by atoms with E-state index in [1.165, 1.54) is 4.90 Å². The van der Waals surface area contributed by atoms with Gasteiger partial charge in [-0.2, -0.15) is 13.2 Å². The van der Waals surface area contributed by atoms with Crippen LogP contribution >= 0.6 is 12.2 Å². The van der Waals surface area contributed by atoms with Crippen LogP contribution in [0.4, 0.5) is 13.2 Å². The second-order valence-corrected chi connectivity index (χ2v) is 5.72. The lowest BCUT2D eigenvalue weighted by atomic mass is 10.1. The molecule has 0 heterocycles. The van der Waals surface area contributed by atoms with E-state index in [1.807, 2.05) is 0 Å². The first-order valence-corrected chi connectivity index (χ1v) is 7.06. The van der Waals surface area contributed by atoms with Crippen LogP contribution in [0.3, 0.4) is 0 Å². The number of aliphatic hydroxyl groups excluding tert-OH is 1. The average molecular weight is 318 g/mol. The zero-order valence-corrected chi connectivity index (χ0v) is 12.1. The van der Waals surface area contributed by atoms with E-state index in [0.29, 0.717) is 11.1 Å². The van der Waals surface area contributed by atoms with E-state index in [4.69, 9.17) is 18.0 Å². The zero-order valence-electron chi connectivity index (χ0n) is 11.3. The summed E-state index contributed by atoms with van der Waals surface area (Å²) in [6, 6.07) is 6.52. The van der Waals surface area contributed by atoms with E-state index in [1.54, 1.807) is 24.3 Å². The van der Waals surface area contributed by atoms with Gasteiger partial charge in [0.25, 0.3) is 0 Å². The second kappa shape index (κ2) is 6.29. The van der Waals surface area contributed by atoms with Gasteiger partial charge in [0.15, 0.2) is 0 Å². The van der Waals surface area contributed by atoms with Gasteiger partial charge >= 0.3 is 6.18 Å². The molecule has 1 atom stereocenters. The van der Waals surface area contributed by atoms with Crippen molar-refractivity contribution in [2.75, 3.05) is 13.1 Å². The molecule has 0 amide bonds. The highest BCUT2D eigenvalue weighted by Crippen LogP contribution is 2.31. The van der Waals surface area contributed by atoms with Gasteiger partial charge in [-0.3, -0.25) is 4.90 Å². The van der Waals surface area contributed by atoms with Gasteiger partial charge in [-0.1, -0.05) is 36.5 Å². The molecule has 1 aliphatic rings. The summed E-state index contributed by atoms with van der Waals surface area (Å²) in [5.74, 6) is 0. The minimum absolute atomic E-state index is 0.0312. The Kier molecular flexibility index (Phi) is 4.85. The number of aliphatic hydroxyl groups is 1. The van der Waals surface area contributed by atoms with Crippen molar-refractivity contribution < 1.29 is 18.3 Å². The van der Waals surface area contributed by atoms with Gasteiger partial charge in [0.1, 0.15) is 4.99 Å². The van der Waals surface area contributed by atoms with Gasteiger partial charge in [-0.25, -0.2) is 0 Å². The molecule has 116 valence electrons. The summed E-state index contributed by atoms with van der Waals surface area (Å²) in [4.78, 5) is 1.54.